The van der Waals surface area contributed by atoms with Crippen molar-refractivity contribution in [3.63, 3.8) is 0 Å². The van der Waals surface area contributed by atoms with Gasteiger partial charge in [-0.3, -0.25) is 4.79 Å². The molecule has 0 saturated carbocycles. The largest absolute Gasteiger partial charge is 0.483 e. The lowest BCUT2D eigenvalue weighted by Gasteiger charge is -2.23. The molecule has 28 heavy (non-hydrogen) atoms. The molecule has 0 aliphatic carbocycles. The number of hydrogen-bond donors (Lipinski definition) is 0. The number of anilines is 1. The van der Waals surface area contributed by atoms with Gasteiger partial charge in [0.05, 0.1) is 10.6 Å². The van der Waals surface area contributed by atoms with Gasteiger partial charge in [0.15, 0.2) is 6.61 Å². The van der Waals surface area contributed by atoms with Gasteiger partial charge >= 0.3 is 0 Å². The number of ether oxygens (including phenoxy) is 1. The molecule has 0 spiro atoms. The van der Waals surface area contributed by atoms with Crippen LogP contribution in [0.1, 0.15) is 11.1 Å². The zero-order valence-electron chi connectivity index (χ0n) is 15.7. The molecule has 0 aliphatic heterocycles. The SMILES string of the molecule is Cc1cccc(OCC(=O)N(c2ccccc2)S(=O)(=O)c2ccccc2)c1C. The molecule has 3 aromatic rings. The lowest BCUT2D eigenvalue weighted by molar-refractivity contribution is -0.119. The molecule has 144 valence electrons. The fraction of sp³-hybridized carbons (Fsp3) is 0.136. The first-order valence-electron chi connectivity index (χ1n) is 8.78. The zero-order valence-corrected chi connectivity index (χ0v) is 16.5. The number of sulfonamides is 1. The molecule has 3 rings (SSSR count). The second-order valence-corrected chi connectivity index (χ2v) is 8.09. The van der Waals surface area contributed by atoms with E-state index >= 15 is 0 Å². The molecule has 1 amide bonds. The molecule has 6 heteroatoms. The van der Waals surface area contributed by atoms with Gasteiger partial charge in [-0.15, -0.1) is 0 Å². The summed E-state index contributed by atoms with van der Waals surface area (Å²) in [5, 5.41) is 0. The Morgan fingerprint density at radius 2 is 1.46 bits per heavy atom. The summed E-state index contributed by atoms with van der Waals surface area (Å²) in [4.78, 5) is 13.0. The second kappa shape index (κ2) is 8.27. The minimum absolute atomic E-state index is 0.0407. The number of carbonyl (C=O) groups excluding carboxylic acids is 1. The van der Waals surface area contributed by atoms with Gasteiger partial charge in [-0.1, -0.05) is 48.5 Å². The highest BCUT2D eigenvalue weighted by molar-refractivity contribution is 7.93. The smallest absolute Gasteiger partial charge is 0.278 e. The number of aryl methyl sites for hydroxylation is 1. The zero-order chi connectivity index (χ0) is 20.1. The third kappa shape index (κ3) is 4.07. The lowest BCUT2D eigenvalue weighted by atomic mass is 10.1. The molecule has 0 radical (unpaired) electrons. The average Bonchev–Trinajstić information content (AvgIpc) is 2.70. The molecule has 0 fully saturated rings. The highest BCUT2D eigenvalue weighted by Gasteiger charge is 2.31. The molecule has 0 bridgehead atoms. The molecule has 0 atom stereocenters. The minimum atomic E-state index is -4.07. The molecule has 0 N–H and O–H groups in total. The van der Waals surface area contributed by atoms with Gasteiger partial charge in [0.2, 0.25) is 0 Å². The molecule has 5 nitrogen and oxygen atoms in total. The van der Waals surface area contributed by atoms with E-state index in [1.807, 2.05) is 26.0 Å². The van der Waals surface area contributed by atoms with Crippen LogP contribution in [0.15, 0.2) is 83.8 Å². The first-order chi connectivity index (χ1) is 13.4. The summed E-state index contributed by atoms with van der Waals surface area (Å²) in [6.45, 7) is 3.44. The number of hydrogen-bond acceptors (Lipinski definition) is 4. The topological polar surface area (TPSA) is 63.7 Å². The number of rotatable bonds is 6. The van der Waals surface area contributed by atoms with Gasteiger partial charge in [0.25, 0.3) is 15.9 Å². The fourth-order valence-electron chi connectivity index (χ4n) is 2.76. The van der Waals surface area contributed by atoms with Crippen LogP contribution in [0.2, 0.25) is 0 Å². The Balaban J connectivity index is 1.93. The molecule has 0 heterocycles. The van der Waals surface area contributed by atoms with E-state index in [0.29, 0.717) is 5.75 Å². The number of para-hydroxylation sites is 1. The Morgan fingerprint density at radius 3 is 2.11 bits per heavy atom. The van der Waals surface area contributed by atoms with Gasteiger partial charge < -0.3 is 4.74 Å². The van der Waals surface area contributed by atoms with E-state index in [1.54, 1.807) is 54.6 Å². The van der Waals surface area contributed by atoms with Crippen molar-refractivity contribution in [1.82, 2.24) is 0 Å². The monoisotopic (exact) mass is 395 g/mol. The predicted octanol–water partition coefficient (Wildman–Crippen LogP) is 4.10. The summed E-state index contributed by atoms with van der Waals surface area (Å²) in [5.41, 5.74) is 2.20. The van der Waals surface area contributed by atoms with Crippen molar-refractivity contribution in [3.8, 4) is 5.75 Å². The van der Waals surface area contributed by atoms with E-state index in [2.05, 4.69) is 0 Å². The minimum Gasteiger partial charge on any atom is -0.483 e. The van der Waals surface area contributed by atoms with Gasteiger partial charge in [-0.2, -0.15) is 4.31 Å². The van der Waals surface area contributed by atoms with Crippen LogP contribution in [-0.2, 0) is 14.8 Å². The summed E-state index contributed by atoms with van der Waals surface area (Å²) in [6.07, 6.45) is 0. The Bertz CT molecular complexity index is 1060. The van der Waals surface area contributed by atoms with E-state index in [4.69, 9.17) is 4.74 Å². The summed E-state index contributed by atoms with van der Waals surface area (Å²) in [5.74, 6) is -0.116. The number of nitrogens with zero attached hydrogens (tertiary/aromatic N) is 1. The highest BCUT2D eigenvalue weighted by atomic mass is 32.2. The van der Waals surface area contributed by atoms with Gasteiger partial charge in [-0.05, 0) is 55.3 Å². The summed E-state index contributed by atoms with van der Waals surface area (Å²) < 4.78 is 32.8. The molecule has 0 saturated heterocycles. The van der Waals surface area contributed by atoms with Crippen molar-refractivity contribution in [2.75, 3.05) is 10.9 Å². The van der Waals surface area contributed by atoms with Crippen LogP contribution < -0.4 is 9.04 Å². The van der Waals surface area contributed by atoms with Gasteiger partial charge in [0.1, 0.15) is 5.75 Å². The number of benzene rings is 3. The van der Waals surface area contributed by atoms with Crippen molar-refractivity contribution in [3.05, 3.63) is 90.0 Å². The lowest BCUT2D eigenvalue weighted by Crippen LogP contribution is -2.40. The Hall–Kier alpha value is -3.12. The predicted molar refractivity (Wildman–Crippen MR) is 109 cm³/mol. The van der Waals surface area contributed by atoms with Crippen LogP contribution >= 0.6 is 0 Å². The molecular formula is C22H21NO4S. The first-order valence-corrected chi connectivity index (χ1v) is 10.2. The standard InChI is InChI=1S/C22H21NO4S/c1-17-10-9-15-21(18(17)2)27-16-22(24)23(19-11-5-3-6-12-19)28(25,26)20-13-7-4-8-14-20/h3-15H,16H2,1-2H3. The van der Waals surface area contributed by atoms with Crippen molar-refractivity contribution < 1.29 is 17.9 Å². The van der Waals surface area contributed by atoms with Crippen molar-refractivity contribution in [1.29, 1.82) is 0 Å². The third-order valence-corrected chi connectivity index (χ3v) is 6.17. The molecule has 3 aromatic carbocycles. The Kier molecular flexibility index (Phi) is 5.80. The van der Waals surface area contributed by atoms with Crippen LogP contribution in [0.5, 0.6) is 5.75 Å². The summed E-state index contributed by atoms with van der Waals surface area (Å²) in [6, 6.07) is 21.7. The maximum Gasteiger partial charge on any atom is 0.278 e. The molecule has 0 aliphatic rings. The maximum absolute atomic E-state index is 13.2. The van der Waals surface area contributed by atoms with E-state index in [0.717, 1.165) is 15.4 Å². The van der Waals surface area contributed by atoms with Crippen LogP contribution in [0.3, 0.4) is 0 Å². The van der Waals surface area contributed by atoms with Crippen LogP contribution in [0.4, 0.5) is 5.69 Å². The Morgan fingerprint density at radius 1 is 0.857 bits per heavy atom. The quantitative estimate of drug-likeness (QED) is 0.630. The van der Waals surface area contributed by atoms with Gasteiger partial charge in [-0.25, -0.2) is 8.42 Å². The normalized spacial score (nSPS) is 11.1. The van der Waals surface area contributed by atoms with Gasteiger partial charge in [0, 0.05) is 0 Å². The number of amides is 1. The van der Waals surface area contributed by atoms with Crippen LogP contribution in [0, 0.1) is 13.8 Å². The summed E-state index contributed by atoms with van der Waals surface area (Å²) in [7, 11) is -4.07. The molecular weight excluding hydrogens is 374 g/mol. The first kappa shape index (κ1) is 19.6. The second-order valence-electron chi connectivity index (χ2n) is 6.30. The molecule has 0 unspecified atom stereocenters. The van der Waals surface area contributed by atoms with E-state index in [-0.39, 0.29) is 10.6 Å². The molecule has 0 aromatic heterocycles. The fourth-order valence-corrected chi connectivity index (χ4v) is 4.19. The van der Waals surface area contributed by atoms with Crippen LogP contribution in [0.25, 0.3) is 0 Å². The van der Waals surface area contributed by atoms with E-state index in [9.17, 15) is 13.2 Å². The van der Waals surface area contributed by atoms with Crippen molar-refractivity contribution >= 4 is 21.6 Å². The Labute approximate surface area is 165 Å². The van der Waals surface area contributed by atoms with E-state index in [1.165, 1.54) is 12.1 Å². The third-order valence-electron chi connectivity index (χ3n) is 4.40. The van der Waals surface area contributed by atoms with E-state index < -0.39 is 22.5 Å². The average molecular weight is 395 g/mol. The maximum atomic E-state index is 13.2. The summed E-state index contributed by atoms with van der Waals surface area (Å²) >= 11 is 0. The van der Waals surface area contributed by atoms with Crippen molar-refractivity contribution in [2.45, 2.75) is 18.7 Å². The van der Waals surface area contributed by atoms with Crippen LogP contribution in [-0.4, -0.2) is 20.9 Å². The number of carbonyl (C=O) groups is 1. The highest BCUT2D eigenvalue weighted by Crippen LogP contribution is 2.25. The van der Waals surface area contributed by atoms with Crippen molar-refractivity contribution in [2.24, 2.45) is 0 Å².